The van der Waals surface area contributed by atoms with Gasteiger partial charge < -0.3 is 14.6 Å². The minimum atomic E-state index is -0.327. The predicted octanol–water partition coefficient (Wildman–Crippen LogP) is 0.956. The molecule has 0 aliphatic carbocycles. The van der Waals surface area contributed by atoms with Crippen molar-refractivity contribution in [3.63, 3.8) is 0 Å². The molecule has 2 rings (SSSR count). The molecule has 4 unspecified atom stereocenters. The third kappa shape index (κ3) is 4.89. The summed E-state index contributed by atoms with van der Waals surface area (Å²) < 4.78 is 11.5. The van der Waals surface area contributed by atoms with E-state index in [0.717, 1.165) is 32.8 Å². The molecular formula is C16H32N2O3. The summed E-state index contributed by atoms with van der Waals surface area (Å²) in [5.41, 5.74) is -0.000910. The van der Waals surface area contributed by atoms with Gasteiger partial charge in [0.1, 0.15) is 0 Å². The van der Waals surface area contributed by atoms with Crippen molar-refractivity contribution < 1.29 is 14.6 Å². The van der Waals surface area contributed by atoms with Gasteiger partial charge in [-0.2, -0.15) is 0 Å². The monoisotopic (exact) mass is 300 g/mol. The Balaban J connectivity index is 1.84. The van der Waals surface area contributed by atoms with E-state index in [2.05, 4.69) is 44.4 Å². The second-order valence-corrected chi connectivity index (χ2v) is 7.47. The van der Waals surface area contributed by atoms with Gasteiger partial charge >= 0.3 is 0 Å². The van der Waals surface area contributed by atoms with E-state index in [-0.39, 0.29) is 30.0 Å². The third-order valence-corrected chi connectivity index (χ3v) is 4.45. The summed E-state index contributed by atoms with van der Waals surface area (Å²) in [6.07, 6.45) is 0.419. The highest BCUT2D eigenvalue weighted by molar-refractivity contribution is 4.88. The molecule has 2 saturated heterocycles. The first-order valence-corrected chi connectivity index (χ1v) is 8.19. The fourth-order valence-electron chi connectivity index (χ4n) is 3.41. The van der Waals surface area contributed by atoms with E-state index < -0.39 is 0 Å². The van der Waals surface area contributed by atoms with Gasteiger partial charge in [0.2, 0.25) is 0 Å². The van der Waals surface area contributed by atoms with Crippen molar-refractivity contribution in [2.75, 3.05) is 39.3 Å². The molecule has 5 heteroatoms. The molecule has 0 bridgehead atoms. The Hall–Kier alpha value is -0.200. The zero-order valence-corrected chi connectivity index (χ0v) is 14.2. The van der Waals surface area contributed by atoms with E-state index in [9.17, 15) is 5.11 Å². The predicted molar refractivity (Wildman–Crippen MR) is 83.5 cm³/mol. The van der Waals surface area contributed by atoms with Crippen LogP contribution in [-0.2, 0) is 9.47 Å². The molecule has 2 heterocycles. The lowest BCUT2D eigenvalue weighted by Crippen LogP contribution is -2.58. The third-order valence-electron chi connectivity index (χ3n) is 4.45. The first kappa shape index (κ1) is 17.2. The summed E-state index contributed by atoms with van der Waals surface area (Å²) in [6, 6.07) is 0. The molecule has 0 saturated carbocycles. The maximum Gasteiger partial charge on any atom is 0.0794 e. The standard InChI is InChI=1S/C16H32N2O3/c1-12-8-18(16(4,5)11-20-12)10-15(19)9-17-6-13(2)21-14(3)7-17/h12-15,19H,6-11H2,1-5H3. The molecule has 1 N–H and O–H groups in total. The fraction of sp³-hybridized carbons (Fsp3) is 1.00. The molecular weight excluding hydrogens is 268 g/mol. The molecule has 21 heavy (non-hydrogen) atoms. The number of rotatable bonds is 4. The molecule has 2 fully saturated rings. The van der Waals surface area contributed by atoms with Gasteiger partial charge in [0.15, 0.2) is 0 Å². The van der Waals surface area contributed by atoms with Crippen molar-refractivity contribution in [3.8, 4) is 0 Å². The van der Waals surface area contributed by atoms with Crippen LogP contribution in [0.3, 0.4) is 0 Å². The van der Waals surface area contributed by atoms with Gasteiger partial charge in [0.25, 0.3) is 0 Å². The molecule has 4 atom stereocenters. The highest BCUT2D eigenvalue weighted by Crippen LogP contribution is 2.22. The van der Waals surface area contributed by atoms with E-state index in [4.69, 9.17) is 9.47 Å². The molecule has 0 amide bonds. The highest BCUT2D eigenvalue weighted by atomic mass is 16.5. The van der Waals surface area contributed by atoms with Gasteiger partial charge in [-0.3, -0.25) is 9.80 Å². The minimum Gasteiger partial charge on any atom is -0.390 e. The molecule has 0 aromatic heterocycles. The smallest absolute Gasteiger partial charge is 0.0794 e. The summed E-state index contributed by atoms with van der Waals surface area (Å²) in [7, 11) is 0. The van der Waals surface area contributed by atoms with Gasteiger partial charge in [0.05, 0.1) is 31.0 Å². The number of aliphatic hydroxyl groups excluding tert-OH is 1. The summed E-state index contributed by atoms with van der Waals surface area (Å²) in [5, 5.41) is 10.5. The first-order valence-electron chi connectivity index (χ1n) is 8.19. The van der Waals surface area contributed by atoms with Crippen molar-refractivity contribution in [1.82, 2.24) is 9.80 Å². The van der Waals surface area contributed by atoms with Crippen LogP contribution in [0.2, 0.25) is 0 Å². The SMILES string of the molecule is CC1CN(CC(O)CN2CC(C)OC(C)C2)C(C)(C)CO1. The summed E-state index contributed by atoms with van der Waals surface area (Å²) in [5.74, 6) is 0. The van der Waals surface area contributed by atoms with Crippen LogP contribution in [0.5, 0.6) is 0 Å². The summed E-state index contributed by atoms with van der Waals surface area (Å²) in [6.45, 7) is 15.5. The Morgan fingerprint density at radius 1 is 1.05 bits per heavy atom. The lowest BCUT2D eigenvalue weighted by Gasteiger charge is -2.46. The van der Waals surface area contributed by atoms with Crippen LogP contribution < -0.4 is 0 Å². The van der Waals surface area contributed by atoms with E-state index >= 15 is 0 Å². The topological polar surface area (TPSA) is 45.2 Å². The van der Waals surface area contributed by atoms with Crippen LogP contribution in [0.25, 0.3) is 0 Å². The number of nitrogens with zero attached hydrogens (tertiary/aromatic N) is 2. The van der Waals surface area contributed by atoms with Crippen molar-refractivity contribution in [3.05, 3.63) is 0 Å². The fourth-order valence-corrected chi connectivity index (χ4v) is 3.41. The molecule has 2 aliphatic heterocycles. The van der Waals surface area contributed by atoms with Crippen LogP contribution in [0, 0.1) is 0 Å². The van der Waals surface area contributed by atoms with Crippen molar-refractivity contribution in [2.45, 2.75) is 64.6 Å². The van der Waals surface area contributed by atoms with E-state index in [1.807, 2.05) is 0 Å². The number of hydrogen-bond acceptors (Lipinski definition) is 5. The van der Waals surface area contributed by atoms with Gasteiger partial charge in [-0.1, -0.05) is 0 Å². The molecule has 124 valence electrons. The zero-order valence-electron chi connectivity index (χ0n) is 14.2. The maximum absolute atomic E-state index is 10.5. The number of aliphatic hydroxyl groups is 1. The summed E-state index contributed by atoms with van der Waals surface area (Å²) in [4.78, 5) is 4.68. The molecule has 0 aromatic carbocycles. The Labute approximate surface area is 129 Å². The Bertz CT molecular complexity index is 327. The van der Waals surface area contributed by atoms with Gasteiger partial charge in [-0.05, 0) is 34.6 Å². The summed E-state index contributed by atoms with van der Waals surface area (Å²) >= 11 is 0. The zero-order chi connectivity index (χ0) is 15.6. The lowest BCUT2D eigenvalue weighted by atomic mass is 10.00. The average molecular weight is 300 g/mol. The van der Waals surface area contributed by atoms with Crippen LogP contribution in [0.15, 0.2) is 0 Å². The van der Waals surface area contributed by atoms with Crippen LogP contribution in [0.4, 0.5) is 0 Å². The Morgan fingerprint density at radius 3 is 2.29 bits per heavy atom. The maximum atomic E-state index is 10.5. The molecule has 0 spiro atoms. The minimum absolute atomic E-state index is 0.000910. The average Bonchev–Trinajstić information content (AvgIpc) is 2.33. The lowest BCUT2D eigenvalue weighted by molar-refractivity contribution is -0.110. The second kappa shape index (κ2) is 6.92. The van der Waals surface area contributed by atoms with Crippen LogP contribution in [-0.4, -0.2) is 84.2 Å². The van der Waals surface area contributed by atoms with E-state index in [0.29, 0.717) is 6.54 Å². The Kier molecular flexibility index (Phi) is 5.65. The second-order valence-electron chi connectivity index (χ2n) is 7.47. The van der Waals surface area contributed by atoms with Crippen molar-refractivity contribution in [1.29, 1.82) is 0 Å². The highest BCUT2D eigenvalue weighted by Gasteiger charge is 2.35. The van der Waals surface area contributed by atoms with Gasteiger partial charge in [-0.25, -0.2) is 0 Å². The first-order chi connectivity index (χ1) is 9.76. The number of hydrogen-bond donors (Lipinski definition) is 1. The molecule has 2 aliphatic rings. The largest absolute Gasteiger partial charge is 0.390 e. The van der Waals surface area contributed by atoms with Crippen LogP contribution >= 0.6 is 0 Å². The normalized spacial score (nSPS) is 36.6. The number of morpholine rings is 2. The van der Waals surface area contributed by atoms with E-state index in [1.165, 1.54) is 0 Å². The Morgan fingerprint density at radius 2 is 1.67 bits per heavy atom. The quantitative estimate of drug-likeness (QED) is 0.838. The van der Waals surface area contributed by atoms with Crippen molar-refractivity contribution in [2.24, 2.45) is 0 Å². The molecule has 0 radical (unpaired) electrons. The molecule has 0 aromatic rings. The van der Waals surface area contributed by atoms with Crippen LogP contribution in [0.1, 0.15) is 34.6 Å². The van der Waals surface area contributed by atoms with Gasteiger partial charge in [0, 0.05) is 38.3 Å². The van der Waals surface area contributed by atoms with Crippen molar-refractivity contribution >= 4 is 0 Å². The van der Waals surface area contributed by atoms with Gasteiger partial charge in [-0.15, -0.1) is 0 Å². The number of ether oxygens (including phenoxy) is 2. The number of β-amino-alcohol motifs (C(OH)–C–C–N with tert-alkyl or cyclic N) is 1. The van der Waals surface area contributed by atoms with E-state index in [1.54, 1.807) is 0 Å². The molecule has 5 nitrogen and oxygen atoms in total.